The third-order valence-corrected chi connectivity index (χ3v) is 5.15. The molecule has 5 nitrogen and oxygen atoms in total. The molecule has 0 spiro atoms. The van der Waals surface area contributed by atoms with Gasteiger partial charge in [-0.2, -0.15) is 0 Å². The normalized spacial score (nSPS) is 11.6. The number of anilines is 1. The molecule has 2 aromatic rings. The molecule has 2 rings (SSSR count). The van der Waals surface area contributed by atoms with Gasteiger partial charge >= 0.3 is 0 Å². The molecule has 0 radical (unpaired) electrons. The van der Waals surface area contributed by atoms with E-state index in [2.05, 4.69) is 26.2 Å². The standard InChI is InChI=1S/C14H16BrN3O2S/c1-18(2)21(19,20)14-5-3-13(4-6-14)17-9-11-7-12(15)10-16-8-11/h3-8,10,17H,9H2,1-2H3. The lowest BCUT2D eigenvalue weighted by atomic mass is 10.2. The molecule has 21 heavy (non-hydrogen) atoms. The molecule has 7 heteroatoms. The van der Waals surface area contributed by atoms with Crippen molar-refractivity contribution in [3.63, 3.8) is 0 Å². The summed E-state index contributed by atoms with van der Waals surface area (Å²) in [6.07, 6.45) is 3.51. The van der Waals surface area contributed by atoms with E-state index in [0.29, 0.717) is 6.54 Å². The van der Waals surface area contributed by atoms with Crippen molar-refractivity contribution in [2.75, 3.05) is 19.4 Å². The molecule has 1 N–H and O–H groups in total. The summed E-state index contributed by atoms with van der Waals surface area (Å²) in [7, 11) is -0.346. The number of hydrogen-bond donors (Lipinski definition) is 1. The third-order valence-electron chi connectivity index (χ3n) is 2.89. The van der Waals surface area contributed by atoms with Gasteiger partial charge in [0.1, 0.15) is 0 Å². The lowest BCUT2D eigenvalue weighted by molar-refractivity contribution is 0.521. The van der Waals surface area contributed by atoms with Gasteiger partial charge in [0.05, 0.1) is 4.90 Å². The van der Waals surface area contributed by atoms with E-state index in [-0.39, 0.29) is 4.90 Å². The van der Waals surface area contributed by atoms with E-state index in [9.17, 15) is 8.42 Å². The summed E-state index contributed by atoms with van der Waals surface area (Å²) in [4.78, 5) is 4.37. The number of rotatable bonds is 5. The van der Waals surface area contributed by atoms with E-state index in [1.165, 1.54) is 18.4 Å². The molecule has 0 bridgehead atoms. The molecule has 0 fully saturated rings. The lowest BCUT2D eigenvalue weighted by Gasteiger charge is -2.12. The van der Waals surface area contributed by atoms with Crippen LogP contribution in [0, 0.1) is 0 Å². The van der Waals surface area contributed by atoms with Crippen molar-refractivity contribution in [3.8, 4) is 0 Å². The minimum absolute atomic E-state index is 0.280. The number of nitrogens with zero attached hydrogens (tertiary/aromatic N) is 2. The first-order valence-corrected chi connectivity index (χ1v) is 8.49. The van der Waals surface area contributed by atoms with Crippen molar-refractivity contribution in [2.24, 2.45) is 0 Å². The first kappa shape index (κ1) is 15.9. The van der Waals surface area contributed by atoms with Crippen LogP contribution in [0.2, 0.25) is 0 Å². The Labute approximate surface area is 133 Å². The molecule has 0 amide bonds. The second-order valence-electron chi connectivity index (χ2n) is 4.68. The zero-order chi connectivity index (χ0) is 15.5. The average Bonchev–Trinajstić information content (AvgIpc) is 2.45. The first-order valence-electron chi connectivity index (χ1n) is 6.25. The van der Waals surface area contributed by atoms with Gasteiger partial charge in [-0.1, -0.05) is 0 Å². The van der Waals surface area contributed by atoms with Crippen molar-refractivity contribution in [2.45, 2.75) is 11.4 Å². The second-order valence-corrected chi connectivity index (χ2v) is 7.74. The van der Waals surface area contributed by atoms with Crippen LogP contribution >= 0.6 is 15.9 Å². The number of halogens is 1. The zero-order valence-electron chi connectivity index (χ0n) is 11.7. The van der Waals surface area contributed by atoms with Crippen LogP contribution in [0.1, 0.15) is 5.56 Å². The largest absolute Gasteiger partial charge is 0.381 e. The fraction of sp³-hybridized carbons (Fsp3) is 0.214. The van der Waals surface area contributed by atoms with E-state index in [0.717, 1.165) is 15.7 Å². The first-order chi connectivity index (χ1) is 9.89. The lowest BCUT2D eigenvalue weighted by Crippen LogP contribution is -2.22. The zero-order valence-corrected chi connectivity index (χ0v) is 14.1. The van der Waals surface area contributed by atoms with E-state index in [1.807, 2.05) is 6.07 Å². The molecule has 0 saturated heterocycles. The highest BCUT2D eigenvalue weighted by atomic mass is 79.9. The van der Waals surface area contributed by atoms with Crippen molar-refractivity contribution in [1.82, 2.24) is 9.29 Å². The number of benzene rings is 1. The van der Waals surface area contributed by atoms with Gasteiger partial charge in [-0.15, -0.1) is 0 Å². The van der Waals surface area contributed by atoms with E-state index < -0.39 is 10.0 Å². The average molecular weight is 370 g/mol. The number of aromatic nitrogens is 1. The molecule has 112 valence electrons. The molecule has 1 aromatic heterocycles. The van der Waals surface area contributed by atoms with Crippen LogP contribution in [0.5, 0.6) is 0 Å². The Hall–Kier alpha value is -1.44. The molecule has 0 aliphatic carbocycles. The van der Waals surface area contributed by atoms with Crippen molar-refractivity contribution < 1.29 is 8.42 Å². The van der Waals surface area contributed by atoms with Crippen molar-refractivity contribution in [3.05, 3.63) is 52.8 Å². The van der Waals surface area contributed by atoms with Crippen molar-refractivity contribution in [1.29, 1.82) is 0 Å². The molecule has 1 aromatic carbocycles. The smallest absolute Gasteiger partial charge is 0.242 e. The Balaban J connectivity index is 2.07. The van der Waals surface area contributed by atoms with Gasteiger partial charge in [-0.3, -0.25) is 4.98 Å². The van der Waals surface area contributed by atoms with Crippen LogP contribution in [0.15, 0.2) is 52.1 Å². The molecule has 0 atom stereocenters. The number of pyridine rings is 1. The van der Waals surface area contributed by atoms with Crippen LogP contribution in [0.3, 0.4) is 0 Å². The highest BCUT2D eigenvalue weighted by Gasteiger charge is 2.16. The number of sulfonamides is 1. The van der Waals surface area contributed by atoms with Gasteiger partial charge in [0.25, 0.3) is 0 Å². The van der Waals surface area contributed by atoms with Gasteiger partial charge in [-0.05, 0) is 51.8 Å². The van der Waals surface area contributed by atoms with Crippen LogP contribution in [-0.2, 0) is 16.6 Å². The van der Waals surface area contributed by atoms with Crippen LogP contribution in [0.4, 0.5) is 5.69 Å². The summed E-state index contributed by atoms with van der Waals surface area (Å²) in [5, 5.41) is 3.23. The molecule has 0 aliphatic heterocycles. The topological polar surface area (TPSA) is 62.3 Å². The Morgan fingerprint density at radius 3 is 2.43 bits per heavy atom. The summed E-state index contributed by atoms with van der Waals surface area (Å²) in [6, 6.07) is 8.67. The molecule has 0 unspecified atom stereocenters. The van der Waals surface area contributed by atoms with Crippen LogP contribution in [0.25, 0.3) is 0 Å². The SMILES string of the molecule is CN(C)S(=O)(=O)c1ccc(NCc2cncc(Br)c2)cc1. The monoisotopic (exact) mass is 369 g/mol. The third kappa shape index (κ3) is 4.03. The minimum Gasteiger partial charge on any atom is -0.381 e. The summed E-state index contributed by atoms with van der Waals surface area (Å²) in [5.74, 6) is 0. The van der Waals surface area contributed by atoms with Gasteiger partial charge in [0.15, 0.2) is 0 Å². The summed E-state index contributed by atoms with van der Waals surface area (Å²) >= 11 is 3.37. The Morgan fingerprint density at radius 1 is 1.19 bits per heavy atom. The number of nitrogens with one attached hydrogen (secondary N) is 1. The quantitative estimate of drug-likeness (QED) is 0.879. The fourth-order valence-electron chi connectivity index (χ4n) is 1.71. The Kier molecular flexibility index (Phi) is 4.97. The summed E-state index contributed by atoms with van der Waals surface area (Å²) < 4.78 is 26.0. The van der Waals surface area contributed by atoms with E-state index >= 15 is 0 Å². The predicted molar refractivity (Wildman–Crippen MR) is 86.6 cm³/mol. The van der Waals surface area contributed by atoms with Gasteiger partial charge < -0.3 is 5.32 Å². The van der Waals surface area contributed by atoms with Gasteiger partial charge in [0.2, 0.25) is 10.0 Å². The maximum Gasteiger partial charge on any atom is 0.242 e. The highest BCUT2D eigenvalue weighted by Crippen LogP contribution is 2.17. The molecular weight excluding hydrogens is 354 g/mol. The highest BCUT2D eigenvalue weighted by molar-refractivity contribution is 9.10. The van der Waals surface area contributed by atoms with Crippen LogP contribution < -0.4 is 5.32 Å². The second kappa shape index (κ2) is 6.55. The van der Waals surface area contributed by atoms with Crippen molar-refractivity contribution >= 4 is 31.6 Å². The predicted octanol–water partition coefficient (Wildman–Crippen LogP) is 2.71. The van der Waals surface area contributed by atoms with Gasteiger partial charge in [0, 0.05) is 43.2 Å². The molecule has 0 saturated carbocycles. The minimum atomic E-state index is -3.38. The maximum absolute atomic E-state index is 12.0. The molecular formula is C14H16BrN3O2S. The Morgan fingerprint density at radius 2 is 1.86 bits per heavy atom. The van der Waals surface area contributed by atoms with Crippen LogP contribution in [-0.4, -0.2) is 31.8 Å². The Bertz CT molecular complexity index is 715. The molecule has 0 aliphatic rings. The maximum atomic E-state index is 12.0. The van der Waals surface area contributed by atoms with E-state index in [4.69, 9.17) is 0 Å². The van der Waals surface area contributed by atoms with Gasteiger partial charge in [-0.25, -0.2) is 12.7 Å². The fourth-order valence-corrected chi connectivity index (χ4v) is 3.03. The summed E-state index contributed by atoms with van der Waals surface area (Å²) in [5.41, 5.74) is 1.89. The van der Waals surface area contributed by atoms with E-state index in [1.54, 1.807) is 36.7 Å². The molecule has 1 heterocycles. The summed E-state index contributed by atoms with van der Waals surface area (Å²) in [6.45, 7) is 0.617. The number of hydrogen-bond acceptors (Lipinski definition) is 4.